The molecule has 8 nitrogen and oxygen atoms in total. The molecule has 0 aromatic heterocycles. The molecule has 1 aromatic carbocycles. The molecule has 28 heavy (non-hydrogen) atoms. The monoisotopic (exact) mass is 396 g/mol. The summed E-state index contributed by atoms with van der Waals surface area (Å²) in [6.45, 7) is 5.71. The Labute approximate surface area is 166 Å². The van der Waals surface area contributed by atoms with E-state index in [-0.39, 0.29) is 5.91 Å². The highest BCUT2D eigenvalue weighted by Gasteiger charge is 2.22. The Hall–Kier alpha value is -1.55. The average molecular weight is 396 g/mol. The first-order chi connectivity index (χ1) is 13.8. The SMILES string of the molecule is N[C@H](C(=O)N1CCOCCOCCOCCOCCOCC1)c1ccccc1. The van der Waals surface area contributed by atoms with Crippen LogP contribution >= 0.6 is 0 Å². The van der Waals surface area contributed by atoms with Gasteiger partial charge in [-0.1, -0.05) is 30.3 Å². The molecule has 1 saturated heterocycles. The first-order valence-corrected chi connectivity index (χ1v) is 9.77. The molecule has 1 heterocycles. The van der Waals surface area contributed by atoms with E-state index in [0.29, 0.717) is 79.2 Å². The van der Waals surface area contributed by atoms with Crippen LogP contribution in [0.3, 0.4) is 0 Å². The van der Waals surface area contributed by atoms with Crippen molar-refractivity contribution in [3.05, 3.63) is 35.9 Å². The minimum Gasteiger partial charge on any atom is -0.377 e. The van der Waals surface area contributed by atoms with Crippen LogP contribution in [0.4, 0.5) is 0 Å². The molecule has 1 amide bonds. The Morgan fingerprint density at radius 2 is 1.11 bits per heavy atom. The van der Waals surface area contributed by atoms with Crippen LogP contribution in [0.15, 0.2) is 30.3 Å². The number of carbonyl (C=O) groups is 1. The zero-order chi connectivity index (χ0) is 19.9. The predicted molar refractivity (Wildman–Crippen MR) is 104 cm³/mol. The number of nitrogens with zero attached hydrogens (tertiary/aromatic N) is 1. The van der Waals surface area contributed by atoms with E-state index in [1.807, 2.05) is 30.3 Å². The maximum Gasteiger partial charge on any atom is 0.244 e. The molecule has 1 aliphatic heterocycles. The van der Waals surface area contributed by atoms with Gasteiger partial charge in [0.2, 0.25) is 5.91 Å². The van der Waals surface area contributed by atoms with Gasteiger partial charge < -0.3 is 34.3 Å². The number of rotatable bonds is 2. The van der Waals surface area contributed by atoms with Gasteiger partial charge in [0.15, 0.2) is 0 Å². The Balaban J connectivity index is 1.85. The summed E-state index contributed by atoms with van der Waals surface area (Å²) in [6, 6.07) is 8.66. The minimum absolute atomic E-state index is 0.141. The molecule has 0 saturated carbocycles. The summed E-state index contributed by atoms with van der Waals surface area (Å²) in [5, 5.41) is 0. The van der Waals surface area contributed by atoms with Crippen molar-refractivity contribution in [3.63, 3.8) is 0 Å². The van der Waals surface area contributed by atoms with Crippen molar-refractivity contribution in [1.29, 1.82) is 0 Å². The third-order valence-corrected chi connectivity index (χ3v) is 4.24. The van der Waals surface area contributed by atoms with E-state index in [2.05, 4.69) is 0 Å². The van der Waals surface area contributed by atoms with Crippen LogP contribution in [0.1, 0.15) is 11.6 Å². The molecule has 1 atom stereocenters. The molecule has 158 valence electrons. The topological polar surface area (TPSA) is 92.5 Å². The standard InChI is InChI=1S/C20H32N2O6/c21-19(18-4-2-1-3-5-18)20(23)22-6-8-24-10-12-26-14-16-28-17-15-27-13-11-25-9-7-22/h1-5,19H,6-17,21H2/t19-/m0/s1. The van der Waals surface area contributed by atoms with Crippen molar-refractivity contribution in [1.82, 2.24) is 4.90 Å². The average Bonchev–Trinajstić information content (AvgIpc) is 2.73. The lowest BCUT2D eigenvalue weighted by atomic mass is 10.1. The van der Waals surface area contributed by atoms with Crippen molar-refractivity contribution in [2.24, 2.45) is 5.73 Å². The summed E-state index contributed by atoms with van der Waals surface area (Å²) in [4.78, 5) is 14.5. The lowest BCUT2D eigenvalue weighted by Gasteiger charge is -2.26. The molecule has 0 aliphatic carbocycles. The van der Waals surface area contributed by atoms with E-state index in [1.165, 1.54) is 0 Å². The third kappa shape index (κ3) is 9.09. The van der Waals surface area contributed by atoms with Gasteiger partial charge in [-0.3, -0.25) is 4.79 Å². The lowest BCUT2D eigenvalue weighted by molar-refractivity contribution is -0.134. The van der Waals surface area contributed by atoms with Gasteiger partial charge in [0, 0.05) is 13.1 Å². The molecule has 8 heteroatoms. The van der Waals surface area contributed by atoms with E-state index in [9.17, 15) is 4.79 Å². The van der Waals surface area contributed by atoms with Crippen molar-refractivity contribution in [2.45, 2.75) is 6.04 Å². The molecule has 0 unspecified atom stereocenters. The third-order valence-electron chi connectivity index (χ3n) is 4.24. The van der Waals surface area contributed by atoms with Crippen molar-refractivity contribution in [3.8, 4) is 0 Å². The Morgan fingerprint density at radius 1 is 0.714 bits per heavy atom. The van der Waals surface area contributed by atoms with Crippen LogP contribution < -0.4 is 5.73 Å². The van der Waals surface area contributed by atoms with Gasteiger partial charge in [0.25, 0.3) is 0 Å². The molecule has 0 spiro atoms. The van der Waals surface area contributed by atoms with Crippen LogP contribution in [-0.4, -0.2) is 90.0 Å². The quantitative estimate of drug-likeness (QED) is 0.783. The molecule has 2 rings (SSSR count). The predicted octanol–water partition coefficient (Wildman–Crippen LogP) is 0.612. The van der Waals surface area contributed by atoms with E-state index >= 15 is 0 Å². The fourth-order valence-corrected chi connectivity index (χ4v) is 2.66. The van der Waals surface area contributed by atoms with Crippen molar-refractivity contribution in [2.75, 3.05) is 79.2 Å². The number of ether oxygens (including phenoxy) is 5. The van der Waals surface area contributed by atoms with Crippen LogP contribution in [0.2, 0.25) is 0 Å². The number of amides is 1. The first-order valence-electron chi connectivity index (χ1n) is 9.77. The Bertz CT molecular complexity index is 513. The largest absolute Gasteiger partial charge is 0.377 e. The van der Waals surface area contributed by atoms with Crippen LogP contribution in [-0.2, 0) is 28.5 Å². The lowest BCUT2D eigenvalue weighted by Crippen LogP contribution is -2.42. The fraction of sp³-hybridized carbons (Fsp3) is 0.650. The molecule has 0 radical (unpaired) electrons. The first kappa shape index (κ1) is 22.7. The van der Waals surface area contributed by atoms with Crippen molar-refractivity contribution >= 4 is 5.91 Å². The van der Waals surface area contributed by atoms with Gasteiger partial charge >= 0.3 is 0 Å². The summed E-state index contributed by atoms with van der Waals surface area (Å²) >= 11 is 0. The van der Waals surface area contributed by atoms with Crippen LogP contribution in [0.5, 0.6) is 0 Å². The number of hydrogen-bond donors (Lipinski definition) is 1. The second-order valence-electron chi connectivity index (χ2n) is 6.28. The number of nitrogens with two attached hydrogens (primary N) is 1. The summed E-state index contributed by atoms with van der Waals surface area (Å²) < 4.78 is 27.4. The smallest absolute Gasteiger partial charge is 0.244 e. The second kappa shape index (κ2) is 14.4. The summed E-state index contributed by atoms with van der Waals surface area (Å²) in [5.41, 5.74) is 6.97. The summed E-state index contributed by atoms with van der Waals surface area (Å²) in [5.74, 6) is -0.141. The summed E-state index contributed by atoms with van der Waals surface area (Å²) in [6.07, 6.45) is 0. The normalized spacial score (nSPS) is 20.7. The molecule has 1 aromatic rings. The molecule has 1 aliphatic rings. The molecular formula is C20H32N2O6. The molecule has 0 bridgehead atoms. The Morgan fingerprint density at radius 3 is 1.54 bits per heavy atom. The fourth-order valence-electron chi connectivity index (χ4n) is 2.66. The van der Waals surface area contributed by atoms with Crippen LogP contribution in [0, 0.1) is 0 Å². The number of hydrogen-bond acceptors (Lipinski definition) is 7. The number of benzene rings is 1. The highest BCUT2D eigenvalue weighted by molar-refractivity contribution is 5.83. The summed E-state index contributed by atoms with van der Waals surface area (Å²) in [7, 11) is 0. The van der Waals surface area contributed by atoms with Gasteiger partial charge in [-0.25, -0.2) is 0 Å². The van der Waals surface area contributed by atoms with Crippen LogP contribution in [0.25, 0.3) is 0 Å². The molecule has 2 N–H and O–H groups in total. The highest BCUT2D eigenvalue weighted by Crippen LogP contribution is 2.12. The molecular weight excluding hydrogens is 364 g/mol. The van der Waals surface area contributed by atoms with Crippen molar-refractivity contribution < 1.29 is 28.5 Å². The minimum atomic E-state index is -0.703. The Kier molecular flexibility index (Phi) is 11.7. The van der Waals surface area contributed by atoms with Gasteiger partial charge in [0.05, 0.1) is 66.1 Å². The van der Waals surface area contributed by atoms with E-state index in [1.54, 1.807) is 4.90 Å². The van der Waals surface area contributed by atoms with E-state index in [4.69, 9.17) is 29.4 Å². The highest BCUT2D eigenvalue weighted by atomic mass is 16.6. The van der Waals surface area contributed by atoms with Gasteiger partial charge in [0.1, 0.15) is 6.04 Å². The van der Waals surface area contributed by atoms with E-state index < -0.39 is 6.04 Å². The maximum absolute atomic E-state index is 12.8. The van der Waals surface area contributed by atoms with Gasteiger partial charge in [-0.2, -0.15) is 0 Å². The maximum atomic E-state index is 12.8. The van der Waals surface area contributed by atoms with E-state index in [0.717, 1.165) is 5.56 Å². The van der Waals surface area contributed by atoms with Gasteiger partial charge in [-0.05, 0) is 5.56 Å². The zero-order valence-electron chi connectivity index (χ0n) is 16.4. The number of carbonyl (C=O) groups excluding carboxylic acids is 1. The van der Waals surface area contributed by atoms with Gasteiger partial charge in [-0.15, -0.1) is 0 Å². The molecule has 1 fully saturated rings. The second-order valence-corrected chi connectivity index (χ2v) is 6.28. The zero-order valence-corrected chi connectivity index (χ0v) is 16.4.